The fourth-order valence-corrected chi connectivity index (χ4v) is 3.01. The molecular weight excluding hydrogens is 407 g/mol. The van der Waals surface area contributed by atoms with Crippen LogP contribution in [0.2, 0.25) is 0 Å². The quantitative estimate of drug-likeness (QED) is 0.501. The van der Waals surface area contributed by atoms with E-state index in [0.29, 0.717) is 21.8 Å². The van der Waals surface area contributed by atoms with Gasteiger partial charge in [-0.1, -0.05) is 30.0 Å². The van der Waals surface area contributed by atoms with E-state index in [1.807, 2.05) is 0 Å². The van der Waals surface area contributed by atoms with Crippen molar-refractivity contribution in [1.82, 2.24) is 15.0 Å². The number of thiazole rings is 1. The van der Waals surface area contributed by atoms with Crippen molar-refractivity contribution in [2.45, 2.75) is 6.92 Å². The van der Waals surface area contributed by atoms with E-state index < -0.39 is 5.82 Å². The van der Waals surface area contributed by atoms with Gasteiger partial charge in [0.2, 0.25) is 0 Å². The molecule has 0 fully saturated rings. The standard InChI is InChI=1S/C20H19FN6O2S/c1-12(11-28)9-23-18(8-22)27-20-24-10-17(30-20)15-7-13(2)25-19(26-15)29-16-6-4-3-5-14(16)21/h3-10,28H,1,11,22H2,2H3,(H,24,27)/b18-8+,23-9-. The first-order valence-electron chi connectivity index (χ1n) is 8.74. The van der Waals surface area contributed by atoms with E-state index in [4.69, 9.17) is 15.6 Å². The number of H-pyrrole nitrogens is 1. The van der Waals surface area contributed by atoms with Crippen LogP contribution in [0.15, 0.2) is 70.7 Å². The average molecular weight is 426 g/mol. The number of para-hydroxylation sites is 1. The first-order valence-corrected chi connectivity index (χ1v) is 9.56. The van der Waals surface area contributed by atoms with Gasteiger partial charge in [-0.25, -0.2) is 14.4 Å². The molecular formula is C20H19FN6O2S. The molecule has 0 spiro atoms. The van der Waals surface area contributed by atoms with Crippen LogP contribution in [-0.4, -0.2) is 32.9 Å². The predicted molar refractivity (Wildman–Crippen MR) is 113 cm³/mol. The van der Waals surface area contributed by atoms with Gasteiger partial charge in [-0.15, -0.1) is 0 Å². The molecule has 2 aromatic heterocycles. The van der Waals surface area contributed by atoms with E-state index in [1.54, 1.807) is 31.3 Å². The van der Waals surface area contributed by atoms with Gasteiger partial charge in [-0.05, 0) is 30.7 Å². The molecule has 0 aliphatic rings. The number of ether oxygens (including phenoxy) is 1. The lowest BCUT2D eigenvalue weighted by atomic mass is 10.3. The number of nitrogens with one attached hydrogen (secondary N) is 1. The van der Waals surface area contributed by atoms with Gasteiger partial charge in [0.25, 0.3) is 0 Å². The summed E-state index contributed by atoms with van der Waals surface area (Å²) in [5, 5.41) is 8.97. The summed E-state index contributed by atoms with van der Waals surface area (Å²) in [6, 6.07) is 7.86. The van der Waals surface area contributed by atoms with Crippen molar-refractivity contribution in [3.63, 3.8) is 0 Å². The number of nitrogens with zero attached hydrogens (tertiary/aromatic N) is 4. The topological polar surface area (TPSA) is 122 Å². The highest BCUT2D eigenvalue weighted by Crippen LogP contribution is 2.25. The van der Waals surface area contributed by atoms with Crippen molar-refractivity contribution >= 4 is 17.6 Å². The summed E-state index contributed by atoms with van der Waals surface area (Å²) in [6.07, 6.45) is 4.35. The highest BCUT2D eigenvalue weighted by molar-refractivity contribution is 7.12. The van der Waals surface area contributed by atoms with Crippen molar-refractivity contribution in [2.24, 2.45) is 15.7 Å². The molecule has 0 radical (unpaired) electrons. The van der Waals surface area contributed by atoms with Gasteiger partial charge < -0.3 is 20.6 Å². The number of aliphatic hydroxyl groups is 1. The molecule has 1 aromatic carbocycles. The Bertz CT molecular complexity index is 1180. The van der Waals surface area contributed by atoms with E-state index in [9.17, 15) is 4.39 Å². The molecule has 0 saturated heterocycles. The third-order valence-corrected chi connectivity index (χ3v) is 4.55. The van der Waals surface area contributed by atoms with E-state index in [1.165, 1.54) is 35.9 Å². The number of aliphatic hydroxyl groups excluding tert-OH is 1. The molecule has 0 bridgehead atoms. The molecule has 8 nitrogen and oxygen atoms in total. The Labute approximate surface area is 175 Å². The Kier molecular flexibility index (Phi) is 6.83. The van der Waals surface area contributed by atoms with E-state index in [0.717, 1.165) is 4.88 Å². The summed E-state index contributed by atoms with van der Waals surface area (Å²) in [5.41, 5.74) is 7.23. The largest absolute Gasteiger partial charge is 0.421 e. The van der Waals surface area contributed by atoms with Gasteiger partial charge in [-0.2, -0.15) is 9.98 Å². The molecule has 0 atom stereocenters. The lowest BCUT2D eigenvalue weighted by Crippen LogP contribution is -1.99. The normalized spacial score (nSPS) is 12.5. The molecule has 0 aliphatic heterocycles. The second-order valence-electron chi connectivity index (χ2n) is 5.98. The Morgan fingerprint density at radius 2 is 2.20 bits per heavy atom. The molecule has 154 valence electrons. The van der Waals surface area contributed by atoms with Crippen molar-refractivity contribution in [1.29, 1.82) is 0 Å². The Morgan fingerprint density at radius 1 is 1.40 bits per heavy atom. The van der Waals surface area contributed by atoms with Crippen LogP contribution in [0.4, 0.5) is 4.39 Å². The van der Waals surface area contributed by atoms with Crippen LogP contribution in [0.3, 0.4) is 0 Å². The number of hydrogen-bond acceptors (Lipinski definition) is 8. The van der Waals surface area contributed by atoms with Crippen LogP contribution in [0.5, 0.6) is 11.8 Å². The minimum atomic E-state index is -0.500. The highest BCUT2D eigenvalue weighted by Gasteiger charge is 2.10. The maximum Gasteiger partial charge on any atom is 0.322 e. The van der Waals surface area contributed by atoms with Gasteiger partial charge in [-0.3, -0.25) is 0 Å². The van der Waals surface area contributed by atoms with Gasteiger partial charge in [0, 0.05) is 24.3 Å². The zero-order valence-electron chi connectivity index (χ0n) is 16.0. The van der Waals surface area contributed by atoms with E-state index in [-0.39, 0.29) is 24.2 Å². The Balaban J connectivity index is 1.88. The fraction of sp³-hybridized carbons (Fsp3) is 0.100. The number of benzene rings is 1. The average Bonchev–Trinajstić information content (AvgIpc) is 3.20. The summed E-state index contributed by atoms with van der Waals surface area (Å²) >= 11 is 1.31. The minimum Gasteiger partial charge on any atom is -0.421 e. The van der Waals surface area contributed by atoms with Crippen LogP contribution in [0.25, 0.3) is 10.6 Å². The highest BCUT2D eigenvalue weighted by atomic mass is 32.1. The number of nitrogens with two attached hydrogens (primary N) is 1. The lowest BCUT2D eigenvalue weighted by molar-refractivity contribution is 0.338. The number of aliphatic imine (C=N–C) groups is 1. The van der Waals surface area contributed by atoms with Crippen molar-refractivity contribution in [2.75, 3.05) is 6.61 Å². The van der Waals surface area contributed by atoms with Gasteiger partial charge in [0.1, 0.15) is 0 Å². The second-order valence-corrected chi connectivity index (χ2v) is 7.01. The zero-order chi connectivity index (χ0) is 21.5. The lowest BCUT2D eigenvalue weighted by Gasteiger charge is -2.06. The molecule has 10 heteroatoms. The van der Waals surface area contributed by atoms with E-state index >= 15 is 0 Å². The van der Waals surface area contributed by atoms with Crippen LogP contribution >= 0.6 is 11.3 Å². The van der Waals surface area contributed by atoms with Crippen molar-refractivity contribution < 1.29 is 14.2 Å². The molecule has 30 heavy (non-hydrogen) atoms. The Hall–Kier alpha value is -3.63. The van der Waals surface area contributed by atoms with Crippen LogP contribution < -0.4 is 15.3 Å². The molecule has 3 rings (SSSR count). The second kappa shape index (κ2) is 9.72. The third-order valence-electron chi connectivity index (χ3n) is 3.61. The molecule has 2 heterocycles. The molecule has 0 saturated carbocycles. The van der Waals surface area contributed by atoms with Crippen LogP contribution in [-0.2, 0) is 0 Å². The third kappa shape index (κ3) is 5.46. The van der Waals surface area contributed by atoms with Gasteiger partial charge >= 0.3 is 6.01 Å². The number of aryl methyl sites for hydroxylation is 1. The smallest absolute Gasteiger partial charge is 0.322 e. The van der Waals surface area contributed by atoms with E-state index in [2.05, 4.69) is 31.5 Å². The molecule has 4 N–H and O–H groups in total. The van der Waals surface area contributed by atoms with Crippen molar-refractivity contribution in [3.05, 3.63) is 77.0 Å². The Morgan fingerprint density at radius 3 is 2.93 bits per heavy atom. The monoisotopic (exact) mass is 426 g/mol. The number of rotatable bonds is 7. The molecule has 3 aromatic rings. The van der Waals surface area contributed by atoms with Crippen LogP contribution in [0, 0.1) is 12.7 Å². The molecule has 0 amide bonds. The summed E-state index contributed by atoms with van der Waals surface area (Å²) in [7, 11) is 0. The minimum absolute atomic E-state index is 0.0386. The maximum atomic E-state index is 13.9. The van der Waals surface area contributed by atoms with Gasteiger partial charge in [0.05, 0.1) is 17.2 Å². The molecule has 0 aliphatic carbocycles. The number of halogens is 1. The zero-order valence-corrected chi connectivity index (χ0v) is 16.9. The van der Waals surface area contributed by atoms with Gasteiger partial charge in [0.15, 0.2) is 22.2 Å². The number of aromatic nitrogens is 3. The number of hydrogen-bond donors (Lipinski definition) is 3. The van der Waals surface area contributed by atoms with Crippen LogP contribution in [0.1, 0.15) is 5.69 Å². The summed E-state index contributed by atoms with van der Waals surface area (Å²) in [6.45, 7) is 5.20. The summed E-state index contributed by atoms with van der Waals surface area (Å²) in [4.78, 5) is 21.3. The number of aromatic amines is 1. The SMILES string of the molecule is C=C(\C=N/C(=C\N)/N=c1/[nH]cc(-c2cc(C)nc(Oc3ccccc3F)n2)s1)CO. The summed E-state index contributed by atoms with van der Waals surface area (Å²) in [5.74, 6) is -0.209. The maximum absolute atomic E-state index is 13.9. The summed E-state index contributed by atoms with van der Waals surface area (Å²) < 4.78 is 19.4. The fourth-order valence-electron chi connectivity index (χ4n) is 2.22. The predicted octanol–water partition coefficient (Wildman–Crippen LogP) is 3.05. The van der Waals surface area contributed by atoms with Crippen molar-refractivity contribution in [3.8, 4) is 22.3 Å². The first-order chi connectivity index (χ1) is 14.5. The first kappa shape index (κ1) is 21.1. The molecule has 0 unspecified atom stereocenters.